The molecule has 2 N–H and O–H groups in total. The Morgan fingerprint density at radius 2 is 2.06 bits per heavy atom. The zero-order chi connectivity index (χ0) is 13.0. The minimum Gasteiger partial charge on any atom is -0.329 e. The lowest BCUT2D eigenvalue weighted by Gasteiger charge is -2.39. The smallest absolute Gasteiger partial charge is 0.0490 e. The number of hydrogen-bond donors (Lipinski definition) is 1. The molecule has 3 nitrogen and oxygen atoms in total. The number of nitrogens with zero attached hydrogens (tertiary/aromatic N) is 2. The molecule has 0 spiro atoms. The van der Waals surface area contributed by atoms with E-state index in [0.717, 1.165) is 13.1 Å². The van der Waals surface area contributed by atoms with Crippen LogP contribution in [0.25, 0.3) is 0 Å². The van der Waals surface area contributed by atoms with Crippen molar-refractivity contribution in [2.75, 3.05) is 39.3 Å². The molecule has 1 aliphatic heterocycles. The van der Waals surface area contributed by atoms with Crippen molar-refractivity contribution >= 4 is 27.3 Å². The molecule has 0 aromatic carbocycles. The summed E-state index contributed by atoms with van der Waals surface area (Å²) < 4.78 is 1.21. The molecule has 102 valence electrons. The third kappa shape index (κ3) is 3.33. The lowest BCUT2D eigenvalue weighted by Crippen LogP contribution is -2.49. The maximum absolute atomic E-state index is 5.99. The fourth-order valence-electron chi connectivity index (χ4n) is 2.62. The summed E-state index contributed by atoms with van der Waals surface area (Å²) in [5.74, 6) is 0. The van der Waals surface area contributed by atoms with Gasteiger partial charge in [0.05, 0.1) is 0 Å². The summed E-state index contributed by atoms with van der Waals surface area (Å²) in [5, 5.41) is 4.37. The lowest BCUT2D eigenvalue weighted by atomic mass is 10.1. The van der Waals surface area contributed by atoms with E-state index in [2.05, 4.69) is 43.4 Å². The number of thiophene rings is 1. The van der Waals surface area contributed by atoms with Crippen molar-refractivity contribution in [3.63, 3.8) is 0 Å². The summed E-state index contributed by atoms with van der Waals surface area (Å²) in [5.41, 5.74) is 7.34. The molecule has 1 saturated heterocycles. The second-order valence-corrected chi connectivity index (χ2v) is 6.40. The molecule has 0 radical (unpaired) electrons. The van der Waals surface area contributed by atoms with E-state index in [4.69, 9.17) is 5.73 Å². The molecule has 1 aliphatic rings. The average Bonchev–Trinajstić information content (AvgIpc) is 2.79. The Balaban J connectivity index is 1.97. The van der Waals surface area contributed by atoms with Crippen LogP contribution < -0.4 is 5.73 Å². The van der Waals surface area contributed by atoms with Gasteiger partial charge in [0, 0.05) is 48.6 Å². The molecular formula is C13H22BrN3S. The Labute approximate surface area is 122 Å². The molecule has 18 heavy (non-hydrogen) atoms. The van der Waals surface area contributed by atoms with E-state index in [1.165, 1.54) is 36.1 Å². The fraction of sp³-hybridized carbons (Fsp3) is 0.692. The molecule has 0 saturated carbocycles. The van der Waals surface area contributed by atoms with Gasteiger partial charge in [0.25, 0.3) is 0 Å². The number of piperazine rings is 1. The quantitative estimate of drug-likeness (QED) is 0.899. The largest absolute Gasteiger partial charge is 0.329 e. The second kappa shape index (κ2) is 7.01. The van der Waals surface area contributed by atoms with Crippen molar-refractivity contribution in [3.8, 4) is 0 Å². The lowest BCUT2D eigenvalue weighted by molar-refractivity contribution is 0.0985. The molecule has 0 bridgehead atoms. The topological polar surface area (TPSA) is 32.5 Å². The van der Waals surface area contributed by atoms with E-state index in [0.29, 0.717) is 12.6 Å². The van der Waals surface area contributed by atoms with Crippen molar-refractivity contribution in [1.82, 2.24) is 9.80 Å². The standard InChI is InChI=1S/C13H22BrN3S/c1-2-3-16-4-6-17(7-5-16)13(8-15)11-9-18-10-12(11)14/h9-10,13H,2-8,15H2,1H3. The highest BCUT2D eigenvalue weighted by atomic mass is 79.9. The Hall–Kier alpha value is 0.0600. The van der Waals surface area contributed by atoms with Crippen LogP contribution in [0.15, 0.2) is 15.2 Å². The Morgan fingerprint density at radius 1 is 1.33 bits per heavy atom. The predicted octanol–water partition coefficient (Wildman–Crippen LogP) is 2.54. The van der Waals surface area contributed by atoms with Gasteiger partial charge in [-0.3, -0.25) is 4.90 Å². The molecule has 0 amide bonds. The van der Waals surface area contributed by atoms with Crippen LogP contribution in [0.3, 0.4) is 0 Å². The highest BCUT2D eigenvalue weighted by molar-refractivity contribution is 9.10. The van der Waals surface area contributed by atoms with Crippen molar-refractivity contribution in [1.29, 1.82) is 0 Å². The molecule has 1 aromatic heterocycles. The van der Waals surface area contributed by atoms with Gasteiger partial charge in [-0.15, -0.1) is 0 Å². The van der Waals surface area contributed by atoms with Gasteiger partial charge in [-0.05, 0) is 39.8 Å². The van der Waals surface area contributed by atoms with Gasteiger partial charge in [0.1, 0.15) is 0 Å². The zero-order valence-electron chi connectivity index (χ0n) is 10.9. The first-order valence-electron chi connectivity index (χ1n) is 6.64. The maximum Gasteiger partial charge on any atom is 0.0490 e. The Bertz CT molecular complexity index is 361. The first-order chi connectivity index (χ1) is 8.76. The second-order valence-electron chi connectivity index (χ2n) is 4.80. The zero-order valence-corrected chi connectivity index (χ0v) is 13.3. The van der Waals surface area contributed by atoms with Crippen molar-refractivity contribution < 1.29 is 0 Å². The number of rotatable bonds is 5. The van der Waals surface area contributed by atoms with Crippen LogP contribution in [0, 0.1) is 0 Å². The third-order valence-electron chi connectivity index (χ3n) is 3.61. The van der Waals surface area contributed by atoms with Gasteiger partial charge in [0.2, 0.25) is 0 Å². The van der Waals surface area contributed by atoms with Crippen LogP contribution in [-0.4, -0.2) is 49.1 Å². The minimum atomic E-state index is 0.370. The maximum atomic E-state index is 5.99. The minimum absolute atomic E-state index is 0.370. The molecular weight excluding hydrogens is 310 g/mol. The summed E-state index contributed by atoms with van der Waals surface area (Å²) in [6, 6.07) is 0.370. The SMILES string of the molecule is CCCN1CCN(C(CN)c2cscc2Br)CC1. The van der Waals surface area contributed by atoms with Gasteiger partial charge in [-0.1, -0.05) is 6.92 Å². The molecule has 0 aliphatic carbocycles. The van der Waals surface area contributed by atoms with Crippen molar-refractivity contribution in [3.05, 3.63) is 20.8 Å². The van der Waals surface area contributed by atoms with E-state index in [1.54, 1.807) is 11.3 Å². The van der Waals surface area contributed by atoms with Gasteiger partial charge < -0.3 is 10.6 Å². The van der Waals surface area contributed by atoms with E-state index >= 15 is 0 Å². The van der Waals surface area contributed by atoms with E-state index in [-0.39, 0.29) is 0 Å². The average molecular weight is 332 g/mol. The van der Waals surface area contributed by atoms with Crippen LogP contribution in [0.5, 0.6) is 0 Å². The molecule has 1 aromatic rings. The molecule has 5 heteroatoms. The van der Waals surface area contributed by atoms with Crippen LogP contribution >= 0.6 is 27.3 Å². The highest BCUT2D eigenvalue weighted by Gasteiger charge is 2.25. The first-order valence-corrected chi connectivity index (χ1v) is 8.38. The molecule has 1 atom stereocenters. The fourth-order valence-corrected chi connectivity index (χ4v) is 4.22. The summed E-state index contributed by atoms with van der Waals surface area (Å²) in [4.78, 5) is 5.08. The van der Waals surface area contributed by atoms with E-state index < -0.39 is 0 Å². The van der Waals surface area contributed by atoms with Crippen LogP contribution in [0.1, 0.15) is 24.9 Å². The number of hydrogen-bond acceptors (Lipinski definition) is 4. The third-order valence-corrected chi connectivity index (χ3v) is 5.36. The highest BCUT2D eigenvalue weighted by Crippen LogP contribution is 2.31. The monoisotopic (exact) mass is 331 g/mol. The summed E-state index contributed by atoms with van der Waals surface area (Å²) in [6.07, 6.45) is 1.25. The van der Waals surface area contributed by atoms with Crippen molar-refractivity contribution in [2.24, 2.45) is 5.73 Å². The molecule has 2 rings (SSSR count). The molecule has 1 fully saturated rings. The Kier molecular flexibility index (Phi) is 5.63. The van der Waals surface area contributed by atoms with Gasteiger partial charge in [-0.25, -0.2) is 0 Å². The molecule has 2 heterocycles. The summed E-state index contributed by atoms with van der Waals surface area (Å²) in [7, 11) is 0. The van der Waals surface area contributed by atoms with E-state index in [9.17, 15) is 0 Å². The van der Waals surface area contributed by atoms with Crippen LogP contribution in [0.2, 0.25) is 0 Å². The Morgan fingerprint density at radius 3 is 2.56 bits per heavy atom. The number of halogens is 1. The summed E-state index contributed by atoms with van der Waals surface area (Å²) in [6.45, 7) is 8.77. The predicted molar refractivity (Wildman–Crippen MR) is 82.1 cm³/mol. The normalized spacial score (nSPS) is 20.2. The molecule has 1 unspecified atom stereocenters. The van der Waals surface area contributed by atoms with Crippen LogP contribution in [-0.2, 0) is 0 Å². The van der Waals surface area contributed by atoms with Gasteiger partial charge in [-0.2, -0.15) is 11.3 Å². The van der Waals surface area contributed by atoms with Crippen molar-refractivity contribution in [2.45, 2.75) is 19.4 Å². The van der Waals surface area contributed by atoms with E-state index in [1.807, 2.05) is 0 Å². The first kappa shape index (κ1) is 14.5. The van der Waals surface area contributed by atoms with Crippen LogP contribution in [0.4, 0.5) is 0 Å². The van der Waals surface area contributed by atoms with Gasteiger partial charge in [0.15, 0.2) is 0 Å². The van der Waals surface area contributed by atoms with Gasteiger partial charge >= 0.3 is 0 Å². The number of nitrogens with two attached hydrogens (primary N) is 1. The summed E-state index contributed by atoms with van der Waals surface area (Å²) >= 11 is 5.37.